The van der Waals surface area contributed by atoms with Crippen molar-refractivity contribution in [2.75, 3.05) is 68.8 Å². The molecule has 0 amide bonds. The smallest absolute Gasteiger partial charge is 0.344 e. The molecule has 0 radical (unpaired) electrons. The minimum absolute atomic E-state index is 0.0224. The summed E-state index contributed by atoms with van der Waals surface area (Å²) in [4.78, 5) is 101. The van der Waals surface area contributed by atoms with E-state index in [-0.39, 0.29) is 38.3 Å². The molecule has 27 nitrogen and oxygen atoms in total. The molecule has 27 heteroatoms. The van der Waals surface area contributed by atoms with Gasteiger partial charge in [-0.2, -0.15) is 0 Å². The van der Waals surface area contributed by atoms with Crippen molar-refractivity contribution in [3.8, 4) is 0 Å². The standard InChI is InChI=1S/C34H48N4O4.2C31H44N4O2.C27H36N4O3/c39-32(40)21-35-14-6-9-25(20-35)34-36(22-33(41)42)30-12-3-4-13-31(30)38(34)29-18-26-10-5-11-27(19-29)37(26)28-16-23-7-1-2-8-24(15-23)17-28;2*36-30(37)20-33-14-6-13-29(33)31-32-27-11-3-4-12-28(27)35(31)26-18-23-9-5-10-24(19-26)34(23)25-16-21-7-1-2-8-22(15-21)17-25;32-27(33)17-34-28-16-26-29-24-9-1-2-10-25(24)31(26)23-14-20-7-4-8-21(15-23)30(20)22-12-18-5-3-6-19(11-18)13-22/h3-4,12-13,23-24,26-29H,1-2,5-11,14-22H2,(H,39,40)(H,41,42);2*3-4,11-12,21-26,29H,1-2,5-10,13-20H2,(H,36,37);1-2,9-10,16,18-23H,3-8,11-15,17H2,(H,32,33)/b34-25+;;;28-16+/t23-,24+,26-,27+,28?,29?;2*21-,22+,23-,24+,25?,26?,29-;18-,19+,20-,21+,22?,23?/m.10./s1. The highest BCUT2D eigenvalue weighted by atomic mass is 16.6. The van der Waals surface area contributed by atoms with Gasteiger partial charge in [-0.15, -0.1) is 0 Å². The van der Waals surface area contributed by atoms with E-state index in [1.165, 1.54) is 293 Å². The summed E-state index contributed by atoms with van der Waals surface area (Å²) in [7, 11) is 0. The number of benzene rings is 4. The Bertz CT molecular complexity index is 5670. The SMILES string of the molecule is O=C(O)CN1CCC/C(=C2/N(CC(=O)O)c3ccccc3N2C2C[C@H]3CCC[C@@H](C2)N3C2C[C@H]3CCCC[C@@H](C2)C3)C1.O=C(O)CN1CCC[C@@H]1c1nc2ccccc2n1C1C[C@H]2CCC[C@@H](C1)N2C1C[C@H]2CCCC[C@@H](C1)C2.O=C(O)CN1CCC[C@H]1c1nc2ccccc2n1C1C[C@H]2CCC[C@@H](C1)N2C1C[C@H]2CCCC[C@@H](C1)C2.O=C(O)CO/N=C/c1nc2ccccc2n1C1C[C@H]2CCC[C@@H](C1)N2C1C[C@H]2CCC[C@@H](C1)C2. The second kappa shape index (κ2) is 45.9. The molecule has 27 rings (SSSR count). The number of hydrogen-bond donors (Lipinski definition) is 5. The van der Waals surface area contributed by atoms with E-state index < -0.39 is 36.5 Å². The van der Waals surface area contributed by atoms with Gasteiger partial charge < -0.3 is 53.9 Å². The van der Waals surface area contributed by atoms with Crippen LogP contribution in [0.15, 0.2) is 114 Å². The Hall–Kier alpha value is -8.83. The minimum Gasteiger partial charge on any atom is -0.480 e. The molecule has 8 aliphatic carbocycles. The third kappa shape index (κ3) is 22.0. The first-order chi connectivity index (χ1) is 73.4. The highest BCUT2D eigenvalue weighted by molar-refractivity contribution is 5.89. The van der Waals surface area contributed by atoms with Gasteiger partial charge in [0, 0.05) is 103 Å². The maximum absolute atomic E-state index is 12.2. The zero-order chi connectivity index (χ0) is 102. The number of likely N-dealkylation sites (tertiary alicyclic amines) is 3. The monoisotopic (exact) mass is 2050 g/mol. The largest absolute Gasteiger partial charge is 0.480 e. The number of fused-ring (bicyclic) bond motifs is 20. The normalized spacial score (nSPS) is 35.9. The first-order valence-electron chi connectivity index (χ1n) is 60.7. The number of aromatic nitrogens is 6. The average Bonchev–Trinajstić information content (AvgIpc) is 1.57. The maximum atomic E-state index is 12.2. The van der Waals surface area contributed by atoms with Crippen molar-refractivity contribution in [2.24, 2.45) is 52.5 Å². The number of aliphatic carboxylic acids is 5. The van der Waals surface area contributed by atoms with E-state index in [1.807, 2.05) is 28.0 Å². The highest BCUT2D eigenvalue weighted by Crippen LogP contribution is 2.57. The van der Waals surface area contributed by atoms with Crippen LogP contribution in [0.4, 0.5) is 11.4 Å². The molecule has 16 bridgehead atoms. The summed E-state index contributed by atoms with van der Waals surface area (Å²) in [5, 5.41) is 51.4. The number of rotatable bonds is 22. The van der Waals surface area contributed by atoms with Crippen molar-refractivity contribution >= 4 is 80.5 Å². The van der Waals surface area contributed by atoms with Gasteiger partial charge in [-0.25, -0.2) is 19.7 Å². The van der Waals surface area contributed by atoms with Gasteiger partial charge in [-0.05, 0) is 339 Å². The molecule has 20 aliphatic rings. The molecule has 8 unspecified atom stereocenters. The van der Waals surface area contributed by atoms with Crippen LogP contribution in [-0.4, -0.2) is 262 Å². The second-order valence-corrected chi connectivity index (χ2v) is 51.3. The van der Waals surface area contributed by atoms with Crippen molar-refractivity contribution in [1.82, 2.24) is 63.0 Å². The molecule has 26 atom stereocenters. The Labute approximate surface area is 888 Å². The predicted octanol–water partition coefficient (Wildman–Crippen LogP) is 22.9. The van der Waals surface area contributed by atoms with Crippen molar-refractivity contribution in [1.29, 1.82) is 0 Å². The Morgan fingerprint density at radius 1 is 0.307 bits per heavy atom. The molecule has 12 aliphatic heterocycles. The van der Waals surface area contributed by atoms with Crippen LogP contribution in [0.2, 0.25) is 0 Å². The van der Waals surface area contributed by atoms with E-state index in [4.69, 9.17) is 24.9 Å². The predicted molar refractivity (Wildman–Crippen MR) is 586 cm³/mol. The first kappa shape index (κ1) is 103. The van der Waals surface area contributed by atoms with E-state index in [2.05, 4.69) is 132 Å². The van der Waals surface area contributed by atoms with Crippen LogP contribution >= 0.6 is 0 Å². The minimum atomic E-state index is -1.03. The van der Waals surface area contributed by atoms with Crippen LogP contribution in [0.5, 0.6) is 0 Å². The molecule has 4 aromatic carbocycles. The lowest BCUT2D eigenvalue weighted by Crippen LogP contribution is -2.61. The summed E-state index contributed by atoms with van der Waals surface area (Å²) in [5.74, 6) is 7.52. The number of carboxylic acids is 5. The fraction of sp³-hybridized carbons (Fsp3) is 0.715. The molecule has 8 saturated carbocycles. The van der Waals surface area contributed by atoms with Gasteiger partial charge >= 0.3 is 29.8 Å². The molecule has 5 N–H and O–H groups in total. The zero-order valence-electron chi connectivity index (χ0n) is 89.5. The van der Waals surface area contributed by atoms with Crippen LogP contribution in [0.3, 0.4) is 0 Å². The first-order valence-corrected chi connectivity index (χ1v) is 60.7. The molecular formula is C123H172N16O11. The lowest BCUT2D eigenvalue weighted by molar-refractivity contribution is -0.142. The topological polar surface area (TPSA) is 291 Å². The zero-order valence-corrected chi connectivity index (χ0v) is 89.5. The van der Waals surface area contributed by atoms with Gasteiger partial charge in [0.1, 0.15) is 30.2 Å². The number of imidazole rings is 3. The number of oxime groups is 1. The van der Waals surface area contributed by atoms with Crippen molar-refractivity contribution < 1.29 is 54.3 Å². The Morgan fingerprint density at radius 2 is 0.640 bits per heavy atom. The van der Waals surface area contributed by atoms with Crippen LogP contribution in [-0.2, 0) is 28.8 Å². The van der Waals surface area contributed by atoms with Gasteiger partial charge in [0.25, 0.3) is 0 Å². The van der Waals surface area contributed by atoms with Crippen LogP contribution < -0.4 is 9.80 Å². The molecule has 3 aromatic heterocycles. The Kier molecular flexibility index (Phi) is 31.5. The average molecular weight is 2050 g/mol. The van der Waals surface area contributed by atoms with Gasteiger partial charge in [0.15, 0.2) is 5.82 Å². The van der Waals surface area contributed by atoms with Crippen molar-refractivity contribution in [3.63, 3.8) is 0 Å². The van der Waals surface area contributed by atoms with Crippen LogP contribution in [0.1, 0.15) is 388 Å². The summed E-state index contributed by atoms with van der Waals surface area (Å²) in [6.45, 7) is 2.78. The molecule has 19 fully saturated rings. The number of anilines is 2. The van der Waals surface area contributed by atoms with Crippen LogP contribution in [0.25, 0.3) is 33.1 Å². The quantitative estimate of drug-likeness (QED) is 0.0311. The Balaban J connectivity index is 0.000000107. The lowest BCUT2D eigenvalue weighted by atomic mass is 9.68. The summed E-state index contributed by atoms with van der Waals surface area (Å²) in [5.41, 5.74) is 10.0. The van der Waals surface area contributed by atoms with E-state index in [9.17, 15) is 44.4 Å². The van der Waals surface area contributed by atoms with Crippen molar-refractivity contribution in [2.45, 2.75) is 449 Å². The second-order valence-electron chi connectivity index (χ2n) is 51.3. The van der Waals surface area contributed by atoms with Crippen molar-refractivity contribution in [3.05, 3.63) is 126 Å². The molecule has 810 valence electrons. The number of nitrogens with zero attached hydrogens (tertiary/aromatic N) is 16. The lowest BCUT2D eigenvalue weighted by Gasteiger charge is -2.56. The van der Waals surface area contributed by atoms with Gasteiger partial charge in [-0.1, -0.05) is 176 Å². The number of carboxylic acid groups (broad SMARTS) is 5. The summed E-state index contributed by atoms with van der Waals surface area (Å²) in [6.07, 6.45) is 72.0. The third-order valence-electron chi connectivity index (χ3n) is 41.9. The summed E-state index contributed by atoms with van der Waals surface area (Å²) < 4.78 is 7.52. The van der Waals surface area contributed by atoms with Crippen LogP contribution in [0, 0.1) is 47.3 Å². The molecule has 0 spiro atoms. The number of piperidine rings is 9. The third-order valence-corrected chi connectivity index (χ3v) is 41.9. The number of para-hydroxylation sites is 8. The number of hydrogen-bond acceptors (Lipinski definition) is 19. The van der Waals surface area contributed by atoms with Gasteiger partial charge in [0.05, 0.1) is 76.2 Å². The number of carbonyl (C=O) groups is 5. The molecule has 150 heavy (non-hydrogen) atoms. The fourth-order valence-corrected chi connectivity index (χ4v) is 36.8. The molecule has 15 heterocycles. The summed E-state index contributed by atoms with van der Waals surface area (Å²) >= 11 is 0. The maximum Gasteiger partial charge on any atom is 0.344 e. The summed E-state index contributed by atoms with van der Waals surface area (Å²) in [6, 6.07) is 44.1. The highest BCUT2D eigenvalue weighted by Gasteiger charge is 2.54. The van der Waals surface area contributed by atoms with E-state index >= 15 is 0 Å². The van der Waals surface area contributed by atoms with E-state index in [0.29, 0.717) is 79.0 Å². The fourth-order valence-electron chi connectivity index (χ4n) is 36.8. The van der Waals surface area contributed by atoms with Gasteiger partial charge in [0.2, 0.25) is 6.61 Å². The van der Waals surface area contributed by atoms with Gasteiger partial charge in [-0.3, -0.25) is 53.5 Å². The molecule has 7 aromatic rings. The molecular weight excluding hydrogens is 1880 g/mol. The Morgan fingerprint density at radius 3 is 1.02 bits per heavy atom. The molecule has 11 saturated heterocycles. The van der Waals surface area contributed by atoms with E-state index in [1.54, 1.807) is 6.21 Å². The van der Waals surface area contributed by atoms with E-state index in [0.717, 1.165) is 212 Å².